The lowest BCUT2D eigenvalue weighted by atomic mass is 10.1. The van der Waals surface area contributed by atoms with Gasteiger partial charge in [-0.15, -0.1) is 0 Å². The number of fused-ring (bicyclic) bond motifs is 1. The van der Waals surface area contributed by atoms with Crippen LogP contribution in [0.25, 0.3) is 22.2 Å². The average molecular weight is 320 g/mol. The Labute approximate surface area is 140 Å². The lowest BCUT2D eigenvalue weighted by molar-refractivity contribution is 0.416. The minimum Gasteiger partial charge on any atom is -0.496 e. The second-order valence-electron chi connectivity index (χ2n) is 6.17. The predicted octanol–water partition coefficient (Wildman–Crippen LogP) is 3.80. The summed E-state index contributed by atoms with van der Waals surface area (Å²) in [6.07, 6.45) is 2.45. The smallest absolute Gasteiger partial charge is 0.190 e. The highest BCUT2D eigenvalue weighted by Gasteiger charge is 2.14. The number of para-hydroxylation sites is 1. The number of hydrogen-bond acceptors (Lipinski definition) is 3. The second kappa shape index (κ2) is 6.04. The Kier molecular flexibility index (Phi) is 3.73. The molecule has 0 spiro atoms. The lowest BCUT2D eigenvalue weighted by Gasteiger charge is -2.18. The molecule has 1 fully saturated rings. The number of pyridine rings is 1. The van der Waals surface area contributed by atoms with Crippen molar-refractivity contribution < 1.29 is 4.74 Å². The van der Waals surface area contributed by atoms with Gasteiger partial charge in [0.15, 0.2) is 5.43 Å². The third kappa shape index (κ3) is 2.54. The van der Waals surface area contributed by atoms with E-state index in [-0.39, 0.29) is 5.43 Å². The van der Waals surface area contributed by atoms with Gasteiger partial charge in [0.05, 0.1) is 12.8 Å². The Morgan fingerprint density at radius 2 is 1.83 bits per heavy atom. The van der Waals surface area contributed by atoms with Crippen LogP contribution in [-0.4, -0.2) is 25.2 Å². The van der Waals surface area contributed by atoms with Crippen molar-refractivity contribution in [2.75, 3.05) is 25.1 Å². The molecule has 3 aromatic rings. The van der Waals surface area contributed by atoms with E-state index in [1.807, 2.05) is 36.4 Å². The summed E-state index contributed by atoms with van der Waals surface area (Å²) in [6.45, 7) is 2.14. The highest BCUT2D eigenvalue weighted by Crippen LogP contribution is 2.29. The van der Waals surface area contributed by atoms with Gasteiger partial charge < -0.3 is 14.6 Å². The summed E-state index contributed by atoms with van der Waals surface area (Å²) in [4.78, 5) is 18.4. The molecule has 2 heterocycles. The standard InChI is InChI=1S/C20H20N2O2/c1-24-20-7-3-2-6-15(20)18-13-19(23)16-12-14(8-9-17(16)21-18)22-10-4-5-11-22/h2-3,6-9,12-13H,4-5,10-11H2,1H3,(H,21,23). The van der Waals surface area contributed by atoms with Gasteiger partial charge in [-0.05, 0) is 43.2 Å². The number of ether oxygens (including phenoxy) is 1. The van der Waals surface area contributed by atoms with Crippen LogP contribution in [-0.2, 0) is 0 Å². The van der Waals surface area contributed by atoms with Gasteiger partial charge in [0.25, 0.3) is 0 Å². The molecule has 0 unspecified atom stereocenters. The minimum absolute atomic E-state index is 0.0331. The fourth-order valence-corrected chi connectivity index (χ4v) is 3.42. The Morgan fingerprint density at radius 3 is 2.62 bits per heavy atom. The molecule has 0 bridgehead atoms. The Morgan fingerprint density at radius 1 is 1.04 bits per heavy atom. The maximum Gasteiger partial charge on any atom is 0.190 e. The molecule has 0 radical (unpaired) electrons. The summed E-state index contributed by atoms with van der Waals surface area (Å²) in [5.74, 6) is 0.751. The van der Waals surface area contributed by atoms with Crippen LogP contribution < -0.4 is 15.1 Å². The van der Waals surface area contributed by atoms with Crippen LogP contribution in [0.3, 0.4) is 0 Å². The van der Waals surface area contributed by atoms with Crippen LogP contribution >= 0.6 is 0 Å². The molecule has 0 atom stereocenters. The van der Waals surface area contributed by atoms with Crippen molar-refractivity contribution in [1.82, 2.24) is 4.98 Å². The van der Waals surface area contributed by atoms with Crippen LogP contribution in [0.1, 0.15) is 12.8 Å². The number of aromatic nitrogens is 1. The van der Waals surface area contributed by atoms with Gasteiger partial charge in [-0.1, -0.05) is 12.1 Å². The number of anilines is 1. The molecule has 2 aromatic carbocycles. The molecule has 0 aliphatic carbocycles. The predicted molar refractivity (Wildman–Crippen MR) is 98.0 cm³/mol. The van der Waals surface area contributed by atoms with Gasteiger partial charge in [0, 0.05) is 41.3 Å². The van der Waals surface area contributed by atoms with Crippen LogP contribution in [0, 0.1) is 0 Å². The maximum absolute atomic E-state index is 12.7. The third-order valence-corrected chi connectivity index (χ3v) is 4.68. The number of H-pyrrole nitrogens is 1. The van der Waals surface area contributed by atoms with Crippen molar-refractivity contribution in [3.63, 3.8) is 0 Å². The van der Waals surface area contributed by atoms with E-state index in [0.29, 0.717) is 0 Å². The first-order chi connectivity index (χ1) is 11.8. The first-order valence-electron chi connectivity index (χ1n) is 8.32. The maximum atomic E-state index is 12.7. The van der Waals surface area contributed by atoms with Crippen molar-refractivity contribution in [1.29, 1.82) is 0 Å². The topological polar surface area (TPSA) is 45.3 Å². The highest BCUT2D eigenvalue weighted by molar-refractivity contribution is 5.85. The van der Waals surface area contributed by atoms with E-state index in [9.17, 15) is 4.79 Å². The normalized spacial score (nSPS) is 14.3. The molecule has 24 heavy (non-hydrogen) atoms. The summed E-state index contributed by atoms with van der Waals surface area (Å²) < 4.78 is 5.41. The van der Waals surface area contributed by atoms with E-state index in [2.05, 4.69) is 16.0 Å². The van der Waals surface area contributed by atoms with E-state index >= 15 is 0 Å². The average Bonchev–Trinajstić information content (AvgIpc) is 3.16. The molecule has 4 nitrogen and oxygen atoms in total. The van der Waals surface area contributed by atoms with E-state index < -0.39 is 0 Å². The number of hydrogen-bond donors (Lipinski definition) is 1. The second-order valence-corrected chi connectivity index (χ2v) is 6.17. The van der Waals surface area contributed by atoms with Crippen molar-refractivity contribution in [2.24, 2.45) is 0 Å². The van der Waals surface area contributed by atoms with Gasteiger partial charge in [-0.2, -0.15) is 0 Å². The summed E-state index contributed by atoms with van der Waals surface area (Å²) >= 11 is 0. The largest absolute Gasteiger partial charge is 0.496 e. The molecule has 0 amide bonds. The molecule has 4 rings (SSSR count). The van der Waals surface area contributed by atoms with Gasteiger partial charge >= 0.3 is 0 Å². The van der Waals surface area contributed by atoms with Crippen molar-refractivity contribution in [2.45, 2.75) is 12.8 Å². The monoisotopic (exact) mass is 320 g/mol. The van der Waals surface area contributed by atoms with E-state index in [1.165, 1.54) is 12.8 Å². The number of rotatable bonds is 3. The number of methoxy groups -OCH3 is 1. The van der Waals surface area contributed by atoms with Gasteiger partial charge in [-0.25, -0.2) is 0 Å². The number of aromatic amines is 1. The Bertz CT molecular complexity index is 940. The molecule has 122 valence electrons. The SMILES string of the molecule is COc1ccccc1-c1cc(=O)c2cc(N3CCCC3)ccc2[nH]1. The molecular weight excluding hydrogens is 300 g/mol. The first kappa shape index (κ1) is 14.8. The van der Waals surface area contributed by atoms with Crippen LogP contribution in [0.5, 0.6) is 5.75 Å². The zero-order valence-electron chi connectivity index (χ0n) is 13.7. The molecular formula is C20H20N2O2. The summed E-state index contributed by atoms with van der Waals surface area (Å²) in [5.41, 5.74) is 3.69. The van der Waals surface area contributed by atoms with Gasteiger partial charge in [0.2, 0.25) is 0 Å². The molecule has 1 aliphatic rings. The van der Waals surface area contributed by atoms with Crippen molar-refractivity contribution >= 4 is 16.6 Å². The fraction of sp³-hybridized carbons (Fsp3) is 0.250. The summed E-state index contributed by atoms with van der Waals surface area (Å²) in [7, 11) is 1.64. The molecule has 4 heteroatoms. The summed E-state index contributed by atoms with van der Waals surface area (Å²) in [5, 5.41) is 0.734. The molecule has 1 saturated heterocycles. The fourth-order valence-electron chi connectivity index (χ4n) is 3.42. The molecule has 0 saturated carbocycles. The molecule has 1 aliphatic heterocycles. The highest BCUT2D eigenvalue weighted by atomic mass is 16.5. The molecule has 1 aromatic heterocycles. The zero-order chi connectivity index (χ0) is 16.5. The van der Waals surface area contributed by atoms with Crippen LogP contribution in [0.2, 0.25) is 0 Å². The molecule has 1 N–H and O–H groups in total. The Hall–Kier alpha value is -2.75. The van der Waals surface area contributed by atoms with Crippen molar-refractivity contribution in [3.8, 4) is 17.0 Å². The third-order valence-electron chi connectivity index (χ3n) is 4.68. The first-order valence-corrected chi connectivity index (χ1v) is 8.32. The van der Waals surface area contributed by atoms with Crippen molar-refractivity contribution in [3.05, 3.63) is 58.8 Å². The number of nitrogens with zero attached hydrogens (tertiary/aromatic N) is 1. The van der Waals surface area contributed by atoms with Crippen LogP contribution in [0.15, 0.2) is 53.3 Å². The van der Waals surface area contributed by atoms with Gasteiger partial charge in [0.1, 0.15) is 5.75 Å². The number of nitrogens with one attached hydrogen (secondary N) is 1. The van der Waals surface area contributed by atoms with E-state index in [4.69, 9.17) is 4.74 Å². The van der Waals surface area contributed by atoms with Gasteiger partial charge in [-0.3, -0.25) is 4.79 Å². The Balaban J connectivity index is 1.83. The van der Waals surface area contributed by atoms with E-state index in [1.54, 1.807) is 13.2 Å². The minimum atomic E-state index is 0.0331. The quantitative estimate of drug-likeness (QED) is 0.798. The zero-order valence-corrected chi connectivity index (χ0v) is 13.7. The van der Waals surface area contributed by atoms with E-state index in [0.717, 1.165) is 46.7 Å². The lowest BCUT2D eigenvalue weighted by Crippen LogP contribution is -2.17. The number of benzene rings is 2. The van der Waals surface area contributed by atoms with Crippen LogP contribution in [0.4, 0.5) is 5.69 Å². The summed E-state index contributed by atoms with van der Waals surface area (Å²) in [6, 6.07) is 15.5.